The zero-order valence-corrected chi connectivity index (χ0v) is 9.88. The fourth-order valence-electron chi connectivity index (χ4n) is 1.67. The molecule has 0 aliphatic carbocycles. The molecule has 0 saturated carbocycles. The van der Waals surface area contributed by atoms with Gasteiger partial charge < -0.3 is 16.2 Å². The fourth-order valence-corrected chi connectivity index (χ4v) is 1.67. The van der Waals surface area contributed by atoms with Crippen LogP contribution in [0.3, 0.4) is 0 Å². The van der Waals surface area contributed by atoms with Crippen LogP contribution in [0.25, 0.3) is 0 Å². The summed E-state index contributed by atoms with van der Waals surface area (Å²) in [4.78, 5) is 10.1. The van der Waals surface area contributed by atoms with Crippen molar-refractivity contribution in [3.8, 4) is 0 Å². The van der Waals surface area contributed by atoms with E-state index in [2.05, 4.69) is 5.32 Å². The minimum Gasteiger partial charge on any atom is -0.393 e. The molecule has 2 unspecified atom stereocenters. The molecular weight excluding hydrogens is 222 g/mol. The largest absolute Gasteiger partial charge is 0.393 e. The van der Waals surface area contributed by atoms with E-state index in [0.29, 0.717) is 12.1 Å². The highest BCUT2D eigenvalue weighted by Crippen LogP contribution is 2.25. The minimum atomic E-state index is -0.516. The monoisotopic (exact) mass is 239 g/mol. The van der Waals surface area contributed by atoms with E-state index in [1.807, 2.05) is 6.92 Å². The Morgan fingerprint density at radius 1 is 1.53 bits per heavy atom. The van der Waals surface area contributed by atoms with Crippen LogP contribution in [0.15, 0.2) is 18.2 Å². The number of rotatable bonds is 5. The van der Waals surface area contributed by atoms with Gasteiger partial charge in [-0.25, -0.2) is 0 Å². The normalized spacial score (nSPS) is 14.1. The van der Waals surface area contributed by atoms with E-state index < -0.39 is 11.0 Å². The van der Waals surface area contributed by atoms with Crippen LogP contribution in [-0.4, -0.2) is 22.2 Å². The molecular formula is C11H17N3O3. The second kappa shape index (κ2) is 5.49. The quantitative estimate of drug-likeness (QED) is 0.413. The van der Waals surface area contributed by atoms with Crippen molar-refractivity contribution >= 4 is 17.1 Å². The lowest BCUT2D eigenvalue weighted by molar-refractivity contribution is -0.383. The third-order valence-corrected chi connectivity index (χ3v) is 2.33. The smallest absolute Gasteiger partial charge is 0.292 e. The molecule has 17 heavy (non-hydrogen) atoms. The Morgan fingerprint density at radius 2 is 2.18 bits per heavy atom. The Labute approximate surface area is 99.6 Å². The maximum Gasteiger partial charge on any atom is 0.292 e. The van der Waals surface area contributed by atoms with Crippen LogP contribution in [0.2, 0.25) is 0 Å². The summed E-state index contributed by atoms with van der Waals surface area (Å²) in [6.07, 6.45) is 0.199. The van der Waals surface area contributed by atoms with Gasteiger partial charge in [0, 0.05) is 17.8 Å². The first-order valence-electron chi connectivity index (χ1n) is 5.38. The summed E-state index contributed by atoms with van der Waals surface area (Å²) in [7, 11) is 0. The lowest BCUT2D eigenvalue weighted by atomic mass is 10.1. The first-order valence-corrected chi connectivity index (χ1v) is 5.38. The number of aliphatic hydroxyl groups is 1. The SMILES string of the molecule is CC(O)CC(C)Nc1ccc([N+](=O)[O-])c(N)c1. The second-order valence-electron chi connectivity index (χ2n) is 4.16. The van der Waals surface area contributed by atoms with E-state index in [-0.39, 0.29) is 17.4 Å². The number of nitrogen functional groups attached to an aromatic ring is 1. The highest BCUT2D eigenvalue weighted by atomic mass is 16.6. The number of benzene rings is 1. The van der Waals surface area contributed by atoms with Crippen LogP contribution in [0.4, 0.5) is 17.1 Å². The summed E-state index contributed by atoms with van der Waals surface area (Å²) in [6.45, 7) is 3.63. The first-order chi connectivity index (χ1) is 7.90. The van der Waals surface area contributed by atoms with Gasteiger partial charge in [0.05, 0.1) is 11.0 Å². The van der Waals surface area contributed by atoms with Crippen LogP contribution >= 0.6 is 0 Å². The van der Waals surface area contributed by atoms with Crippen LogP contribution < -0.4 is 11.1 Å². The number of hydrogen-bond donors (Lipinski definition) is 3. The number of hydrogen-bond acceptors (Lipinski definition) is 5. The summed E-state index contributed by atoms with van der Waals surface area (Å²) in [5.74, 6) is 0. The molecule has 0 aliphatic rings. The van der Waals surface area contributed by atoms with Gasteiger partial charge in [-0.1, -0.05) is 0 Å². The molecule has 1 aromatic rings. The molecule has 1 rings (SSSR count). The molecule has 0 spiro atoms. The number of aliphatic hydroxyl groups excluding tert-OH is 1. The van der Waals surface area contributed by atoms with Crippen molar-refractivity contribution in [1.29, 1.82) is 0 Å². The average Bonchev–Trinajstić information content (AvgIpc) is 2.15. The van der Waals surface area contributed by atoms with Crippen molar-refractivity contribution in [1.82, 2.24) is 0 Å². The van der Waals surface area contributed by atoms with Crippen LogP contribution in [0, 0.1) is 10.1 Å². The van der Waals surface area contributed by atoms with Crippen molar-refractivity contribution in [3.05, 3.63) is 28.3 Å². The molecule has 0 amide bonds. The number of nitro benzene ring substituents is 1. The topological polar surface area (TPSA) is 101 Å². The molecule has 0 saturated heterocycles. The van der Waals surface area contributed by atoms with Gasteiger partial charge in [-0.3, -0.25) is 10.1 Å². The van der Waals surface area contributed by atoms with E-state index in [9.17, 15) is 15.2 Å². The Hall–Kier alpha value is -1.82. The van der Waals surface area contributed by atoms with E-state index in [4.69, 9.17) is 5.73 Å². The zero-order valence-electron chi connectivity index (χ0n) is 9.88. The number of nitrogens with zero attached hydrogens (tertiary/aromatic N) is 1. The predicted molar refractivity (Wildman–Crippen MR) is 66.9 cm³/mol. The zero-order chi connectivity index (χ0) is 13.0. The van der Waals surface area contributed by atoms with Gasteiger partial charge in [-0.15, -0.1) is 0 Å². The molecule has 0 fully saturated rings. The lowest BCUT2D eigenvalue weighted by Gasteiger charge is -2.16. The summed E-state index contributed by atoms with van der Waals surface area (Å²) in [5, 5.41) is 22.9. The van der Waals surface area contributed by atoms with Crippen LogP contribution in [0.1, 0.15) is 20.3 Å². The lowest BCUT2D eigenvalue weighted by Crippen LogP contribution is -2.20. The molecule has 2 atom stereocenters. The third kappa shape index (κ3) is 3.92. The number of nitro groups is 1. The first kappa shape index (κ1) is 13.2. The van der Waals surface area contributed by atoms with Crippen LogP contribution in [0.5, 0.6) is 0 Å². The molecule has 0 radical (unpaired) electrons. The van der Waals surface area contributed by atoms with E-state index >= 15 is 0 Å². The van der Waals surface area contributed by atoms with E-state index in [0.717, 1.165) is 0 Å². The fraction of sp³-hybridized carbons (Fsp3) is 0.455. The predicted octanol–water partition coefficient (Wildman–Crippen LogP) is 1.75. The standard InChI is InChI=1S/C11H17N3O3/c1-7(5-8(2)15)13-9-3-4-11(14(16)17)10(12)6-9/h3-4,6-8,13,15H,5,12H2,1-2H3. The number of nitrogens with two attached hydrogens (primary N) is 1. The molecule has 0 bridgehead atoms. The maximum absolute atomic E-state index is 10.6. The third-order valence-electron chi connectivity index (χ3n) is 2.33. The van der Waals surface area contributed by atoms with Gasteiger partial charge in [0.1, 0.15) is 5.69 Å². The van der Waals surface area contributed by atoms with Crippen molar-refractivity contribution in [3.63, 3.8) is 0 Å². The van der Waals surface area contributed by atoms with Gasteiger partial charge in [-0.05, 0) is 32.4 Å². The van der Waals surface area contributed by atoms with E-state index in [1.165, 1.54) is 12.1 Å². The van der Waals surface area contributed by atoms with E-state index in [1.54, 1.807) is 13.0 Å². The Bertz CT molecular complexity index is 407. The van der Waals surface area contributed by atoms with Crippen LogP contribution in [-0.2, 0) is 0 Å². The Morgan fingerprint density at radius 3 is 2.65 bits per heavy atom. The highest BCUT2D eigenvalue weighted by Gasteiger charge is 2.12. The van der Waals surface area contributed by atoms with Gasteiger partial charge in [-0.2, -0.15) is 0 Å². The Balaban J connectivity index is 2.74. The highest BCUT2D eigenvalue weighted by molar-refractivity contribution is 5.65. The number of nitrogens with one attached hydrogen (secondary N) is 1. The summed E-state index contributed by atoms with van der Waals surface area (Å²) >= 11 is 0. The molecule has 1 aromatic carbocycles. The maximum atomic E-state index is 10.6. The molecule has 0 aromatic heterocycles. The summed E-state index contributed by atoms with van der Waals surface area (Å²) in [5.41, 5.74) is 6.31. The summed E-state index contributed by atoms with van der Waals surface area (Å²) < 4.78 is 0. The Kier molecular flexibility index (Phi) is 4.28. The molecule has 0 aliphatic heterocycles. The van der Waals surface area contributed by atoms with Crippen molar-refractivity contribution in [2.75, 3.05) is 11.1 Å². The molecule has 4 N–H and O–H groups in total. The second-order valence-corrected chi connectivity index (χ2v) is 4.16. The van der Waals surface area contributed by atoms with Crippen molar-refractivity contribution in [2.24, 2.45) is 0 Å². The number of anilines is 2. The van der Waals surface area contributed by atoms with Gasteiger partial charge in [0.15, 0.2) is 0 Å². The summed E-state index contributed by atoms with van der Waals surface area (Å²) in [6, 6.07) is 4.56. The van der Waals surface area contributed by atoms with Crippen molar-refractivity contribution in [2.45, 2.75) is 32.4 Å². The van der Waals surface area contributed by atoms with Gasteiger partial charge in [0.2, 0.25) is 0 Å². The van der Waals surface area contributed by atoms with Gasteiger partial charge >= 0.3 is 0 Å². The minimum absolute atomic E-state index is 0.0656. The molecule has 0 heterocycles. The molecule has 6 nitrogen and oxygen atoms in total. The molecule has 6 heteroatoms. The average molecular weight is 239 g/mol. The molecule has 94 valence electrons. The van der Waals surface area contributed by atoms with Crippen molar-refractivity contribution < 1.29 is 10.0 Å². The van der Waals surface area contributed by atoms with Gasteiger partial charge in [0.25, 0.3) is 5.69 Å².